The van der Waals surface area contributed by atoms with Crippen molar-refractivity contribution in [2.75, 3.05) is 13.7 Å². The van der Waals surface area contributed by atoms with Gasteiger partial charge in [-0.2, -0.15) is 0 Å². The SMILES string of the molecule is Cc1noc(C)c1COc1cc2ccccc2cc1C(=O)OCC(=O)N(C)Cc1ccccc1F. The molecule has 0 radical (unpaired) electrons. The molecular formula is C27H25FN2O5. The lowest BCUT2D eigenvalue weighted by molar-refractivity contribution is -0.133. The minimum Gasteiger partial charge on any atom is -0.488 e. The van der Waals surface area contributed by atoms with E-state index in [-0.39, 0.29) is 18.7 Å². The van der Waals surface area contributed by atoms with Crippen molar-refractivity contribution in [1.82, 2.24) is 10.1 Å². The van der Waals surface area contributed by atoms with Crippen LogP contribution in [0.4, 0.5) is 4.39 Å². The lowest BCUT2D eigenvalue weighted by Crippen LogP contribution is -2.31. The van der Waals surface area contributed by atoms with Crippen molar-refractivity contribution < 1.29 is 28.0 Å². The van der Waals surface area contributed by atoms with Gasteiger partial charge in [0.25, 0.3) is 5.91 Å². The first kappa shape index (κ1) is 23.9. The normalized spacial score (nSPS) is 10.9. The van der Waals surface area contributed by atoms with Crippen LogP contribution in [0.3, 0.4) is 0 Å². The van der Waals surface area contributed by atoms with Crippen molar-refractivity contribution in [2.24, 2.45) is 0 Å². The Hall–Kier alpha value is -4.20. The number of nitrogens with zero attached hydrogens (tertiary/aromatic N) is 2. The largest absolute Gasteiger partial charge is 0.488 e. The van der Waals surface area contributed by atoms with Gasteiger partial charge in [-0.25, -0.2) is 9.18 Å². The van der Waals surface area contributed by atoms with Crippen molar-refractivity contribution in [3.05, 3.63) is 94.6 Å². The predicted octanol–water partition coefficient (Wildman–Crippen LogP) is 4.98. The van der Waals surface area contributed by atoms with Crippen LogP contribution in [0.2, 0.25) is 0 Å². The zero-order valence-electron chi connectivity index (χ0n) is 19.7. The van der Waals surface area contributed by atoms with Crippen LogP contribution in [-0.2, 0) is 22.7 Å². The van der Waals surface area contributed by atoms with Gasteiger partial charge in [-0.1, -0.05) is 47.6 Å². The molecule has 7 nitrogen and oxygen atoms in total. The number of benzene rings is 3. The molecule has 4 aromatic rings. The van der Waals surface area contributed by atoms with E-state index in [9.17, 15) is 14.0 Å². The van der Waals surface area contributed by atoms with Gasteiger partial charge in [0, 0.05) is 19.2 Å². The number of amides is 1. The summed E-state index contributed by atoms with van der Waals surface area (Å²) in [6, 6.07) is 17.2. The maximum absolute atomic E-state index is 13.9. The number of hydrogen-bond donors (Lipinski definition) is 0. The molecule has 0 bridgehead atoms. The number of esters is 1. The van der Waals surface area contributed by atoms with E-state index in [1.54, 1.807) is 37.3 Å². The average Bonchev–Trinajstić information content (AvgIpc) is 3.18. The lowest BCUT2D eigenvalue weighted by Gasteiger charge is -2.18. The van der Waals surface area contributed by atoms with Crippen molar-refractivity contribution >= 4 is 22.6 Å². The Balaban J connectivity index is 1.49. The first-order chi connectivity index (χ1) is 16.8. The number of rotatable bonds is 8. The summed E-state index contributed by atoms with van der Waals surface area (Å²) < 4.78 is 30.4. The molecule has 1 aromatic heterocycles. The molecule has 180 valence electrons. The Bertz CT molecular complexity index is 1360. The summed E-state index contributed by atoms with van der Waals surface area (Å²) in [5.74, 6) is -0.602. The first-order valence-electron chi connectivity index (χ1n) is 11.1. The average molecular weight is 477 g/mol. The molecule has 0 atom stereocenters. The maximum atomic E-state index is 13.9. The molecule has 0 unspecified atom stereocenters. The van der Waals surface area contributed by atoms with Gasteiger partial charge in [-0.15, -0.1) is 0 Å². The van der Waals surface area contributed by atoms with Gasteiger partial charge >= 0.3 is 5.97 Å². The van der Waals surface area contributed by atoms with Gasteiger partial charge in [0.2, 0.25) is 0 Å². The topological polar surface area (TPSA) is 81.9 Å². The number of likely N-dealkylation sites (N-methyl/N-ethyl adjacent to an activating group) is 1. The van der Waals surface area contributed by atoms with Crippen molar-refractivity contribution in [3.8, 4) is 5.75 Å². The second-order valence-electron chi connectivity index (χ2n) is 8.20. The highest BCUT2D eigenvalue weighted by Crippen LogP contribution is 2.28. The van der Waals surface area contributed by atoms with Gasteiger partial charge in [0.1, 0.15) is 29.5 Å². The third-order valence-electron chi connectivity index (χ3n) is 5.74. The van der Waals surface area contributed by atoms with Crippen molar-refractivity contribution in [2.45, 2.75) is 27.0 Å². The fourth-order valence-corrected chi connectivity index (χ4v) is 3.64. The molecule has 0 saturated carbocycles. The van der Waals surface area contributed by atoms with E-state index in [0.29, 0.717) is 22.8 Å². The molecule has 0 aliphatic carbocycles. The Morgan fingerprint density at radius 1 is 1.03 bits per heavy atom. The number of halogens is 1. The van der Waals surface area contributed by atoms with Crippen molar-refractivity contribution in [3.63, 3.8) is 0 Å². The van der Waals surface area contributed by atoms with E-state index in [1.807, 2.05) is 31.2 Å². The molecule has 0 N–H and O–H groups in total. The third kappa shape index (κ3) is 5.48. The van der Waals surface area contributed by atoms with Crippen LogP contribution in [0.25, 0.3) is 10.8 Å². The van der Waals surface area contributed by atoms with Crippen LogP contribution < -0.4 is 4.74 Å². The predicted molar refractivity (Wildman–Crippen MR) is 127 cm³/mol. The molecule has 0 saturated heterocycles. The van der Waals surface area contributed by atoms with Crippen LogP contribution in [0.5, 0.6) is 5.75 Å². The van der Waals surface area contributed by atoms with Gasteiger partial charge in [0.15, 0.2) is 6.61 Å². The number of aryl methyl sites for hydroxylation is 2. The number of fused-ring (bicyclic) bond motifs is 1. The summed E-state index contributed by atoms with van der Waals surface area (Å²) >= 11 is 0. The van der Waals surface area contributed by atoms with E-state index in [0.717, 1.165) is 16.3 Å². The number of carbonyl (C=O) groups is 2. The quantitative estimate of drug-likeness (QED) is 0.334. The monoisotopic (exact) mass is 476 g/mol. The van der Waals surface area contributed by atoms with Gasteiger partial charge in [-0.05, 0) is 42.8 Å². The highest BCUT2D eigenvalue weighted by Gasteiger charge is 2.20. The van der Waals surface area contributed by atoms with E-state index in [4.69, 9.17) is 14.0 Å². The second-order valence-corrected chi connectivity index (χ2v) is 8.20. The maximum Gasteiger partial charge on any atom is 0.342 e. The van der Waals surface area contributed by atoms with Crippen LogP contribution in [-0.4, -0.2) is 35.6 Å². The standard InChI is InChI=1S/C27H25FN2O5/c1-17-23(18(2)35-29-17)15-33-25-13-20-9-5-4-8-19(20)12-22(25)27(32)34-16-26(31)30(3)14-21-10-6-7-11-24(21)28/h4-13H,14-16H2,1-3H3. The lowest BCUT2D eigenvalue weighted by atomic mass is 10.1. The molecule has 4 rings (SSSR count). The molecule has 0 aliphatic rings. The summed E-state index contributed by atoms with van der Waals surface area (Å²) in [4.78, 5) is 26.8. The van der Waals surface area contributed by atoms with E-state index >= 15 is 0 Å². The fraction of sp³-hybridized carbons (Fsp3) is 0.222. The third-order valence-corrected chi connectivity index (χ3v) is 5.74. The number of carbonyl (C=O) groups excluding carboxylic acids is 2. The zero-order chi connectivity index (χ0) is 24.9. The molecule has 0 fully saturated rings. The minimum atomic E-state index is -0.697. The Morgan fingerprint density at radius 3 is 2.40 bits per heavy atom. The zero-order valence-corrected chi connectivity index (χ0v) is 19.7. The molecule has 35 heavy (non-hydrogen) atoms. The summed E-state index contributed by atoms with van der Waals surface area (Å²) in [6.07, 6.45) is 0. The number of hydrogen-bond acceptors (Lipinski definition) is 6. The Morgan fingerprint density at radius 2 is 1.71 bits per heavy atom. The fourth-order valence-electron chi connectivity index (χ4n) is 3.64. The summed E-state index contributed by atoms with van der Waals surface area (Å²) in [7, 11) is 1.52. The van der Waals surface area contributed by atoms with Crippen LogP contribution in [0.1, 0.15) is 32.9 Å². The van der Waals surface area contributed by atoms with Crippen molar-refractivity contribution in [1.29, 1.82) is 0 Å². The van der Waals surface area contributed by atoms with Gasteiger partial charge < -0.3 is 18.9 Å². The summed E-state index contributed by atoms with van der Waals surface area (Å²) in [5.41, 5.74) is 2.07. The molecule has 1 amide bonds. The molecule has 3 aromatic carbocycles. The van der Waals surface area contributed by atoms with Gasteiger partial charge in [0.05, 0.1) is 11.3 Å². The summed E-state index contributed by atoms with van der Waals surface area (Å²) in [6.45, 7) is 3.33. The smallest absolute Gasteiger partial charge is 0.342 e. The Kier molecular flexibility index (Phi) is 7.10. The van der Waals surface area contributed by atoms with E-state index in [2.05, 4.69) is 5.16 Å². The molecule has 8 heteroatoms. The highest BCUT2D eigenvalue weighted by atomic mass is 19.1. The minimum absolute atomic E-state index is 0.0603. The molecular weight excluding hydrogens is 451 g/mol. The second kappa shape index (κ2) is 10.4. The highest BCUT2D eigenvalue weighted by molar-refractivity contribution is 5.99. The number of aromatic nitrogens is 1. The van der Waals surface area contributed by atoms with E-state index < -0.39 is 24.3 Å². The molecule has 0 aliphatic heterocycles. The molecule has 1 heterocycles. The van der Waals surface area contributed by atoms with Crippen LogP contribution in [0, 0.1) is 19.7 Å². The summed E-state index contributed by atoms with van der Waals surface area (Å²) in [5, 5.41) is 5.64. The first-order valence-corrected chi connectivity index (χ1v) is 11.1. The number of ether oxygens (including phenoxy) is 2. The van der Waals surface area contributed by atoms with Crippen LogP contribution >= 0.6 is 0 Å². The van der Waals surface area contributed by atoms with Gasteiger partial charge in [-0.3, -0.25) is 4.79 Å². The Labute approximate surface area is 202 Å². The van der Waals surface area contributed by atoms with E-state index in [1.165, 1.54) is 18.0 Å². The molecule has 0 spiro atoms. The van der Waals surface area contributed by atoms with Crippen LogP contribution in [0.15, 0.2) is 65.2 Å².